The Hall–Kier alpha value is -3.69. The minimum atomic E-state index is -1.12. The highest BCUT2D eigenvalue weighted by Gasteiger charge is 2.05. The number of carboxylic acid groups (broad SMARTS) is 1. The molecule has 0 bridgehead atoms. The molecule has 2 aromatic rings. The molecule has 0 radical (unpaired) electrons. The second-order valence-electron chi connectivity index (χ2n) is 4.75. The number of benzene rings is 1. The molecule has 0 fully saturated rings. The van der Waals surface area contributed by atoms with E-state index in [-0.39, 0.29) is 5.75 Å². The Kier molecular flexibility index (Phi) is 5.82. The van der Waals surface area contributed by atoms with Crippen molar-refractivity contribution in [2.75, 3.05) is 6.61 Å². The largest absolute Gasteiger partial charge is 0.481 e. The van der Waals surface area contributed by atoms with Gasteiger partial charge in [-0.25, -0.2) is 14.9 Å². The van der Waals surface area contributed by atoms with E-state index in [0.29, 0.717) is 5.56 Å². The van der Waals surface area contributed by atoms with Gasteiger partial charge in [0.1, 0.15) is 12.3 Å². The van der Waals surface area contributed by atoms with Crippen LogP contribution in [0.25, 0.3) is 0 Å². The Morgan fingerprint density at radius 2 is 2.00 bits per heavy atom. The summed E-state index contributed by atoms with van der Waals surface area (Å²) in [4.78, 5) is 44.9. The SMILES string of the molecule is O=C(O)COc1ccccc1/C=N/NC(=O)Cn1[nH]c(=O)ccc1=O. The van der Waals surface area contributed by atoms with Gasteiger partial charge in [-0.15, -0.1) is 0 Å². The highest BCUT2D eigenvalue weighted by atomic mass is 16.5. The minimum Gasteiger partial charge on any atom is -0.481 e. The Balaban J connectivity index is 2.00. The van der Waals surface area contributed by atoms with Gasteiger partial charge in [0.15, 0.2) is 6.61 Å². The van der Waals surface area contributed by atoms with Crippen LogP contribution in [0.5, 0.6) is 5.75 Å². The zero-order valence-electron chi connectivity index (χ0n) is 12.8. The van der Waals surface area contributed by atoms with E-state index in [1.165, 1.54) is 6.21 Å². The Bertz CT molecular complexity index is 914. The van der Waals surface area contributed by atoms with Gasteiger partial charge in [0.25, 0.3) is 17.0 Å². The quantitative estimate of drug-likeness (QED) is 0.440. The Morgan fingerprint density at radius 1 is 1.24 bits per heavy atom. The summed E-state index contributed by atoms with van der Waals surface area (Å²) in [5, 5.41) is 14.6. The first-order valence-corrected chi connectivity index (χ1v) is 7.01. The molecule has 25 heavy (non-hydrogen) atoms. The average molecular weight is 346 g/mol. The van der Waals surface area contributed by atoms with Crippen molar-refractivity contribution in [2.24, 2.45) is 5.10 Å². The normalized spacial score (nSPS) is 10.6. The number of para-hydroxylation sites is 1. The van der Waals surface area contributed by atoms with Crippen LogP contribution >= 0.6 is 0 Å². The smallest absolute Gasteiger partial charge is 0.341 e. The number of aromatic amines is 1. The number of nitrogens with one attached hydrogen (secondary N) is 2. The van der Waals surface area contributed by atoms with Gasteiger partial charge in [-0.2, -0.15) is 5.10 Å². The van der Waals surface area contributed by atoms with Crippen LogP contribution in [-0.4, -0.2) is 39.6 Å². The first-order valence-electron chi connectivity index (χ1n) is 7.01. The van der Waals surface area contributed by atoms with Gasteiger partial charge >= 0.3 is 5.97 Å². The number of amides is 1. The first-order chi connectivity index (χ1) is 12.0. The molecule has 1 aromatic carbocycles. The molecule has 0 saturated carbocycles. The molecule has 1 aromatic heterocycles. The summed E-state index contributed by atoms with van der Waals surface area (Å²) in [5.74, 6) is -1.47. The van der Waals surface area contributed by atoms with E-state index in [1.54, 1.807) is 24.3 Å². The first kappa shape index (κ1) is 17.7. The third-order valence-electron chi connectivity index (χ3n) is 2.85. The maximum atomic E-state index is 11.8. The molecule has 130 valence electrons. The van der Waals surface area contributed by atoms with Gasteiger partial charge in [-0.3, -0.25) is 19.5 Å². The monoisotopic (exact) mass is 346 g/mol. The molecule has 10 nitrogen and oxygen atoms in total. The predicted molar refractivity (Wildman–Crippen MR) is 86.6 cm³/mol. The molecule has 0 unspecified atom stereocenters. The zero-order valence-corrected chi connectivity index (χ0v) is 12.8. The van der Waals surface area contributed by atoms with Gasteiger partial charge in [-0.05, 0) is 12.1 Å². The van der Waals surface area contributed by atoms with E-state index < -0.39 is 36.1 Å². The van der Waals surface area contributed by atoms with Crippen LogP contribution in [0, 0.1) is 0 Å². The molecule has 0 aliphatic carbocycles. The van der Waals surface area contributed by atoms with Crippen molar-refractivity contribution < 1.29 is 19.4 Å². The highest BCUT2D eigenvalue weighted by Crippen LogP contribution is 2.15. The fraction of sp³-hybridized carbons (Fsp3) is 0.133. The van der Waals surface area contributed by atoms with E-state index in [9.17, 15) is 19.2 Å². The summed E-state index contributed by atoms with van der Waals surface area (Å²) >= 11 is 0. The van der Waals surface area contributed by atoms with Crippen LogP contribution in [0.3, 0.4) is 0 Å². The lowest BCUT2D eigenvalue weighted by Crippen LogP contribution is -2.34. The number of nitrogens with zero attached hydrogens (tertiary/aromatic N) is 2. The maximum Gasteiger partial charge on any atom is 0.341 e. The Labute approximate surface area is 140 Å². The molecule has 0 aliphatic rings. The molecule has 0 saturated heterocycles. The lowest BCUT2D eigenvalue weighted by atomic mass is 10.2. The second-order valence-corrected chi connectivity index (χ2v) is 4.75. The zero-order chi connectivity index (χ0) is 18.2. The predicted octanol–water partition coefficient (Wildman–Crippen LogP) is -0.850. The standard InChI is InChI=1S/C15H14N4O6/c20-12-5-6-14(22)19(18-12)8-13(21)17-16-7-10-3-1-2-4-11(10)25-9-15(23)24/h1-7H,8-9H2,(H,17,21)(H,18,20)(H,23,24)/b16-7+. The molecular weight excluding hydrogens is 332 g/mol. The number of aliphatic carboxylic acids is 1. The molecule has 0 atom stereocenters. The number of H-pyrrole nitrogens is 1. The van der Waals surface area contributed by atoms with Gasteiger partial charge in [0, 0.05) is 17.7 Å². The topological polar surface area (TPSA) is 143 Å². The number of carboxylic acids is 1. The number of carbonyl (C=O) groups excluding carboxylic acids is 1. The molecule has 0 aliphatic heterocycles. The molecule has 1 heterocycles. The van der Waals surface area contributed by atoms with E-state index in [4.69, 9.17) is 9.84 Å². The summed E-state index contributed by atoms with van der Waals surface area (Å²) in [6.07, 6.45) is 1.27. The number of hydrogen-bond acceptors (Lipinski definition) is 6. The number of carbonyl (C=O) groups is 2. The average Bonchev–Trinajstić information content (AvgIpc) is 2.57. The van der Waals surface area contributed by atoms with E-state index in [0.717, 1.165) is 16.8 Å². The molecule has 0 spiro atoms. The van der Waals surface area contributed by atoms with E-state index >= 15 is 0 Å². The van der Waals surface area contributed by atoms with E-state index in [2.05, 4.69) is 15.6 Å². The van der Waals surface area contributed by atoms with Gasteiger partial charge in [-0.1, -0.05) is 12.1 Å². The number of ether oxygens (including phenoxy) is 1. The van der Waals surface area contributed by atoms with Crippen molar-refractivity contribution in [3.8, 4) is 5.75 Å². The fourth-order valence-electron chi connectivity index (χ4n) is 1.79. The van der Waals surface area contributed by atoms with Crippen molar-refractivity contribution in [2.45, 2.75) is 6.54 Å². The third-order valence-corrected chi connectivity index (χ3v) is 2.85. The van der Waals surface area contributed by atoms with Crippen LogP contribution in [0.4, 0.5) is 0 Å². The van der Waals surface area contributed by atoms with Crippen molar-refractivity contribution >= 4 is 18.1 Å². The summed E-state index contributed by atoms with van der Waals surface area (Å²) in [6, 6.07) is 8.62. The number of hydrogen-bond donors (Lipinski definition) is 3. The summed E-state index contributed by atoms with van der Waals surface area (Å²) in [5.41, 5.74) is 1.60. The fourth-order valence-corrected chi connectivity index (χ4v) is 1.79. The summed E-state index contributed by atoms with van der Waals surface area (Å²) in [6.45, 7) is -0.926. The Morgan fingerprint density at radius 3 is 2.76 bits per heavy atom. The van der Waals surface area contributed by atoms with Gasteiger partial charge in [0.2, 0.25) is 0 Å². The van der Waals surface area contributed by atoms with Crippen LogP contribution in [0.15, 0.2) is 51.1 Å². The molecule has 2 rings (SSSR count). The lowest BCUT2D eigenvalue weighted by molar-refractivity contribution is -0.139. The van der Waals surface area contributed by atoms with Crippen molar-refractivity contribution in [1.82, 2.24) is 15.2 Å². The molecule has 1 amide bonds. The molecular formula is C15H14N4O6. The van der Waals surface area contributed by atoms with Crippen molar-refractivity contribution in [1.29, 1.82) is 0 Å². The minimum absolute atomic E-state index is 0.284. The summed E-state index contributed by atoms with van der Waals surface area (Å²) < 4.78 is 5.94. The van der Waals surface area contributed by atoms with Gasteiger partial charge in [0.05, 0.1) is 6.21 Å². The summed E-state index contributed by atoms with van der Waals surface area (Å²) in [7, 11) is 0. The van der Waals surface area contributed by atoms with Crippen LogP contribution in [0.2, 0.25) is 0 Å². The van der Waals surface area contributed by atoms with E-state index in [1.807, 2.05) is 0 Å². The molecule has 10 heteroatoms. The third kappa shape index (κ3) is 5.46. The number of aromatic nitrogens is 2. The number of hydrazone groups is 1. The van der Waals surface area contributed by atoms with Crippen molar-refractivity contribution in [3.63, 3.8) is 0 Å². The maximum absolute atomic E-state index is 11.8. The van der Waals surface area contributed by atoms with Crippen LogP contribution in [-0.2, 0) is 16.1 Å². The van der Waals surface area contributed by atoms with Crippen molar-refractivity contribution in [3.05, 3.63) is 62.7 Å². The van der Waals surface area contributed by atoms with Gasteiger partial charge < -0.3 is 9.84 Å². The number of rotatable bonds is 7. The second kappa shape index (κ2) is 8.24. The molecule has 3 N–H and O–H groups in total. The highest BCUT2D eigenvalue weighted by molar-refractivity contribution is 5.85. The lowest BCUT2D eigenvalue weighted by Gasteiger charge is -2.06. The van der Waals surface area contributed by atoms with Crippen LogP contribution < -0.4 is 21.3 Å². The van der Waals surface area contributed by atoms with Crippen LogP contribution in [0.1, 0.15) is 5.56 Å².